The van der Waals surface area contributed by atoms with Crippen molar-refractivity contribution in [2.24, 2.45) is 0 Å². The Hall–Kier alpha value is -1.52. The van der Waals surface area contributed by atoms with Crippen LogP contribution in [0.4, 0.5) is 0 Å². The van der Waals surface area contributed by atoms with E-state index in [-0.39, 0.29) is 0 Å². The third-order valence-corrected chi connectivity index (χ3v) is 3.35. The highest BCUT2D eigenvalue weighted by molar-refractivity contribution is 9.10. The summed E-state index contributed by atoms with van der Waals surface area (Å²) in [5.74, 6) is 0.483. The molecule has 0 aliphatic heterocycles. The smallest absolute Gasteiger partial charge is 0.151 e. The highest BCUT2D eigenvalue weighted by Gasteiger charge is 2.21. The standard InChI is InChI=1S/C13H9BrO3/c14-10-5-6-16-13(10)12(15)9-7-17-11-4-2-1-3-8(9)11/h1-7,12,15H. The van der Waals surface area contributed by atoms with Crippen LogP contribution in [0.2, 0.25) is 0 Å². The van der Waals surface area contributed by atoms with Crippen LogP contribution in [0.5, 0.6) is 0 Å². The van der Waals surface area contributed by atoms with Gasteiger partial charge in [0.1, 0.15) is 11.7 Å². The molecule has 2 heterocycles. The van der Waals surface area contributed by atoms with E-state index in [4.69, 9.17) is 8.83 Å². The topological polar surface area (TPSA) is 46.5 Å². The molecule has 4 heteroatoms. The van der Waals surface area contributed by atoms with Gasteiger partial charge in [-0.3, -0.25) is 0 Å². The first-order chi connectivity index (χ1) is 8.27. The predicted molar refractivity (Wildman–Crippen MR) is 66.7 cm³/mol. The lowest BCUT2D eigenvalue weighted by Gasteiger charge is -2.06. The first kappa shape index (κ1) is 10.6. The van der Waals surface area contributed by atoms with Crippen LogP contribution in [0.15, 0.2) is 56.2 Å². The molecule has 1 atom stereocenters. The van der Waals surface area contributed by atoms with Crippen molar-refractivity contribution >= 4 is 26.9 Å². The molecule has 0 spiro atoms. The van der Waals surface area contributed by atoms with Gasteiger partial charge in [-0.1, -0.05) is 18.2 Å². The van der Waals surface area contributed by atoms with Gasteiger partial charge in [-0.15, -0.1) is 0 Å². The molecule has 0 amide bonds. The molecule has 86 valence electrons. The van der Waals surface area contributed by atoms with E-state index in [9.17, 15) is 5.11 Å². The van der Waals surface area contributed by atoms with Gasteiger partial charge >= 0.3 is 0 Å². The number of benzene rings is 1. The summed E-state index contributed by atoms with van der Waals surface area (Å²) in [5, 5.41) is 11.2. The second-order valence-corrected chi connectivity index (χ2v) is 4.58. The second kappa shape index (κ2) is 4.05. The Morgan fingerprint density at radius 3 is 2.71 bits per heavy atom. The van der Waals surface area contributed by atoms with Gasteiger partial charge in [-0.05, 0) is 28.1 Å². The zero-order chi connectivity index (χ0) is 11.8. The minimum absolute atomic E-state index is 0.483. The Bertz CT molecular complexity index is 653. The average molecular weight is 293 g/mol. The quantitative estimate of drug-likeness (QED) is 0.780. The van der Waals surface area contributed by atoms with Crippen molar-refractivity contribution in [1.82, 2.24) is 0 Å². The summed E-state index contributed by atoms with van der Waals surface area (Å²) in [4.78, 5) is 0. The van der Waals surface area contributed by atoms with E-state index >= 15 is 0 Å². The summed E-state index contributed by atoms with van der Waals surface area (Å²) in [5.41, 5.74) is 1.46. The maximum Gasteiger partial charge on any atom is 0.151 e. The van der Waals surface area contributed by atoms with Gasteiger partial charge in [0.05, 0.1) is 17.0 Å². The molecule has 0 saturated heterocycles. The molecule has 0 saturated carbocycles. The number of fused-ring (bicyclic) bond motifs is 1. The van der Waals surface area contributed by atoms with Crippen molar-refractivity contribution in [2.75, 3.05) is 0 Å². The van der Waals surface area contributed by atoms with Crippen LogP contribution >= 0.6 is 15.9 Å². The SMILES string of the molecule is OC(c1occc1Br)c1coc2ccccc12. The largest absolute Gasteiger partial charge is 0.465 e. The first-order valence-corrected chi connectivity index (χ1v) is 5.94. The van der Waals surface area contributed by atoms with Gasteiger partial charge < -0.3 is 13.9 Å². The Morgan fingerprint density at radius 1 is 1.12 bits per heavy atom. The van der Waals surface area contributed by atoms with E-state index in [0.29, 0.717) is 11.3 Å². The lowest BCUT2D eigenvalue weighted by Crippen LogP contribution is -1.97. The fourth-order valence-corrected chi connectivity index (χ4v) is 2.27. The number of para-hydroxylation sites is 1. The van der Waals surface area contributed by atoms with Crippen molar-refractivity contribution in [1.29, 1.82) is 0 Å². The minimum atomic E-state index is -0.831. The molecule has 3 rings (SSSR count). The van der Waals surface area contributed by atoms with Crippen molar-refractivity contribution in [3.8, 4) is 0 Å². The van der Waals surface area contributed by atoms with Gasteiger partial charge in [-0.2, -0.15) is 0 Å². The van der Waals surface area contributed by atoms with Crippen LogP contribution in [-0.4, -0.2) is 5.11 Å². The summed E-state index contributed by atoms with van der Waals surface area (Å²) in [6, 6.07) is 9.33. The van der Waals surface area contributed by atoms with Crippen LogP contribution in [0.25, 0.3) is 11.0 Å². The summed E-state index contributed by atoms with van der Waals surface area (Å²) < 4.78 is 11.4. The first-order valence-electron chi connectivity index (χ1n) is 5.14. The molecular formula is C13H9BrO3. The minimum Gasteiger partial charge on any atom is -0.465 e. The van der Waals surface area contributed by atoms with Crippen molar-refractivity contribution in [3.63, 3.8) is 0 Å². The van der Waals surface area contributed by atoms with E-state index < -0.39 is 6.10 Å². The Morgan fingerprint density at radius 2 is 1.94 bits per heavy atom. The lowest BCUT2D eigenvalue weighted by atomic mass is 10.1. The summed E-state index contributed by atoms with van der Waals surface area (Å²) >= 11 is 3.33. The van der Waals surface area contributed by atoms with Crippen molar-refractivity contribution < 1.29 is 13.9 Å². The third-order valence-electron chi connectivity index (χ3n) is 2.70. The molecule has 1 unspecified atom stereocenters. The van der Waals surface area contributed by atoms with E-state index in [0.717, 1.165) is 15.4 Å². The van der Waals surface area contributed by atoms with E-state index in [1.807, 2.05) is 24.3 Å². The number of hydrogen-bond donors (Lipinski definition) is 1. The van der Waals surface area contributed by atoms with Gasteiger partial charge in [0.15, 0.2) is 5.76 Å². The number of halogens is 1. The second-order valence-electron chi connectivity index (χ2n) is 3.72. The van der Waals surface area contributed by atoms with Crippen LogP contribution in [-0.2, 0) is 0 Å². The van der Waals surface area contributed by atoms with Crippen LogP contribution in [0.3, 0.4) is 0 Å². The summed E-state index contributed by atoms with van der Waals surface area (Å²) in [6.07, 6.45) is 2.26. The maximum absolute atomic E-state index is 10.3. The van der Waals surface area contributed by atoms with Gasteiger partial charge in [-0.25, -0.2) is 0 Å². The zero-order valence-electron chi connectivity index (χ0n) is 8.76. The molecule has 0 fully saturated rings. The van der Waals surface area contributed by atoms with Crippen LogP contribution < -0.4 is 0 Å². The number of furan rings is 2. The fourth-order valence-electron chi connectivity index (χ4n) is 1.85. The molecule has 3 nitrogen and oxygen atoms in total. The van der Waals surface area contributed by atoms with Crippen LogP contribution in [0.1, 0.15) is 17.4 Å². The Labute approximate surface area is 106 Å². The molecular weight excluding hydrogens is 284 g/mol. The highest BCUT2D eigenvalue weighted by Crippen LogP contribution is 2.34. The Kier molecular flexibility index (Phi) is 2.53. The van der Waals surface area contributed by atoms with Crippen molar-refractivity contribution in [2.45, 2.75) is 6.10 Å². The molecule has 0 radical (unpaired) electrons. The molecule has 1 aromatic carbocycles. The van der Waals surface area contributed by atoms with E-state index in [1.54, 1.807) is 12.3 Å². The van der Waals surface area contributed by atoms with Gasteiger partial charge in [0.2, 0.25) is 0 Å². The summed E-state index contributed by atoms with van der Waals surface area (Å²) in [6.45, 7) is 0. The molecule has 3 aromatic rings. The maximum atomic E-state index is 10.3. The lowest BCUT2D eigenvalue weighted by molar-refractivity contribution is 0.188. The average Bonchev–Trinajstić information content (AvgIpc) is 2.94. The third kappa shape index (κ3) is 1.69. The zero-order valence-corrected chi connectivity index (χ0v) is 10.3. The van der Waals surface area contributed by atoms with Crippen LogP contribution in [0, 0.1) is 0 Å². The number of aliphatic hydroxyl groups excluding tert-OH is 1. The molecule has 17 heavy (non-hydrogen) atoms. The predicted octanol–water partition coefficient (Wildman–Crippen LogP) is 3.87. The Balaban J connectivity index is 2.13. The monoisotopic (exact) mass is 292 g/mol. The van der Waals surface area contributed by atoms with Gasteiger partial charge in [0.25, 0.3) is 0 Å². The molecule has 0 bridgehead atoms. The highest BCUT2D eigenvalue weighted by atomic mass is 79.9. The molecule has 1 N–H and O–H groups in total. The molecule has 0 aliphatic rings. The number of aliphatic hydroxyl groups is 1. The fraction of sp³-hybridized carbons (Fsp3) is 0.0769. The number of hydrogen-bond acceptors (Lipinski definition) is 3. The van der Waals surface area contributed by atoms with E-state index in [1.165, 1.54) is 6.26 Å². The molecule has 0 aliphatic carbocycles. The van der Waals surface area contributed by atoms with E-state index in [2.05, 4.69) is 15.9 Å². The normalized spacial score (nSPS) is 13.1. The van der Waals surface area contributed by atoms with Crippen molar-refractivity contribution in [3.05, 3.63) is 58.7 Å². The summed E-state index contributed by atoms with van der Waals surface area (Å²) in [7, 11) is 0. The molecule has 2 aromatic heterocycles. The van der Waals surface area contributed by atoms with Gasteiger partial charge in [0, 0.05) is 10.9 Å². The number of rotatable bonds is 2.